The number of unbranched alkanes of at least 4 members (excludes halogenated alkanes) is 2. The van der Waals surface area contributed by atoms with Crippen molar-refractivity contribution in [1.29, 1.82) is 0 Å². The molecule has 0 aromatic carbocycles. The van der Waals surface area contributed by atoms with Gasteiger partial charge in [-0.05, 0) is 25.8 Å². The molecule has 0 radical (unpaired) electrons. The second-order valence-corrected chi connectivity index (χ2v) is 5.25. The number of hydrogen-bond donors (Lipinski definition) is 0. The maximum atomic E-state index is 4.84. The molecule has 1 aromatic heterocycles. The van der Waals surface area contributed by atoms with Gasteiger partial charge in [0.2, 0.25) is 0 Å². The van der Waals surface area contributed by atoms with Crippen LogP contribution >= 0.6 is 0 Å². The monoisotopic (exact) mass is 246 g/mol. The van der Waals surface area contributed by atoms with Gasteiger partial charge in [0, 0.05) is 24.2 Å². The molecule has 0 fully saturated rings. The summed E-state index contributed by atoms with van der Waals surface area (Å²) in [5, 5.41) is 0. The summed E-state index contributed by atoms with van der Waals surface area (Å²) in [5.74, 6) is 0. The fourth-order valence-electron chi connectivity index (χ4n) is 2.05. The van der Waals surface area contributed by atoms with Crippen LogP contribution in [0.5, 0.6) is 0 Å². The van der Waals surface area contributed by atoms with Gasteiger partial charge >= 0.3 is 0 Å². The average Bonchev–Trinajstić information content (AvgIpc) is 2.42. The molecule has 18 heavy (non-hydrogen) atoms. The summed E-state index contributed by atoms with van der Waals surface area (Å²) < 4.78 is 0. The summed E-state index contributed by atoms with van der Waals surface area (Å²) in [7, 11) is 0. The molecule has 2 heteroatoms. The maximum absolute atomic E-state index is 4.84. The minimum Gasteiger partial charge on any atom is -0.286 e. The van der Waals surface area contributed by atoms with Crippen LogP contribution in [0.1, 0.15) is 64.9 Å². The van der Waals surface area contributed by atoms with Crippen molar-refractivity contribution >= 4 is 6.21 Å². The first kappa shape index (κ1) is 14.9. The van der Waals surface area contributed by atoms with E-state index in [1.54, 1.807) is 6.20 Å². The Morgan fingerprint density at radius 3 is 2.39 bits per heavy atom. The Bertz CT molecular complexity index is 335. The summed E-state index contributed by atoms with van der Waals surface area (Å²) in [6, 6.07) is 4.01. The number of aromatic nitrogens is 1. The molecule has 100 valence electrons. The predicted molar refractivity (Wildman–Crippen MR) is 79.3 cm³/mol. The smallest absolute Gasteiger partial charge is 0.0580 e. The van der Waals surface area contributed by atoms with Crippen LogP contribution in [0.2, 0.25) is 0 Å². The van der Waals surface area contributed by atoms with Crippen molar-refractivity contribution < 1.29 is 0 Å². The first-order chi connectivity index (χ1) is 8.70. The highest BCUT2D eigenvalue weighted by molar-refractivity contribution is 5.79. The van der Waals surface area contributed by atoms with Crippen molar-refractivity contribution in [3.05, 3.63) is 30.1 Å². The number of nitrogens with zero attached hydrogens (tertiary/aromatic N) is 2. The van der Waals surface area contributed by atoms with Crippen LogP contribution in [0.3, 0.4) is 0 Å². The molecular formula is C16H26N2. The summed E-state index contributed by atoms with van der Waals surface area (Å²) in [5.41, 5.74) is 1.19. The molecule has 1 rings (SSSR count). The molecule has 0 bridgehead atoms. The van der Waals surface area contributed by atoms with Gasteiger partial charge in [-0.25, -0.2) is 0 Å². The first-order valence-corrected chi connectivity index (χ1v) is 7.15. The molecule has 0 saturated carbocycles. The zero-order chi connectivity index (χ0) is 13.3. The molecule has 0 aliphatic heterocycles. The molecule has 0 saturated heterocycles. The third-order valence-corrected chi connectivity index (χ3v) is 3.35. The molecule has 0 amide bonds. The van der Waals surface area contributed by atoms with E-state index in [-0.39, 0.29) is 5.54 Å². The van der Waals surface area contributed by atoms with Crippen LogP contribution in [0.25, 0.3) is 0 Å². The zero-order valence-electron chi connectivity index (χ0n) is 12.0. The minimum atomic E-state index is 0.0991. The lowest BCUT2D eigenvalue weighted by atomic mass is 9.90. The minimum absolute atomic E-state index is 0.0991. The quantitative estimate of drug-likeness (QED) is 0.613. The van der Waals surface area contributed by atoms with Crippen molar-refractivity contribution in [2.24, 2.45) is 4.99 Å². The maximum Gasteiger partial charge on any atom is 0.0580 e. The molecule has 0 N–H and O–H groups in total. The van der Waals surface area contributed by atoms with Crippen LogP contribution in [0, 0.1) is 0 Å². The molecule has 0 unspecified atom stereocenters. The van der Waals surface area contributed by atoms with E-state index in [1.807, 2.05) is 18.5 Å². The fraction of sp³-hybridized carbons (Fsp3) is 0.625. The summed E-state index contributed by atoms with van der Waals surface area (Å²) >= 11 is 0. The van der Waals surface area contributed by atoms with Gasteiger partial charge in [0.25, 0.3) is 0 Å². The summed E-state index contributed by atoms with van der Waals surface area (Å²) in [4.78, 5) is 8.95. The first-order valence-electron chi connectivity index (χ1n) is 7.15. The van der Waals surface area contributed by atoms with Gasteiger partial charge in [0.1, 0.15) is 0 Å². The molecule has 0 aliphatic carbocycles. The molecule has 0 spiro atoms. The van der Waals surface area contributed by atoms with Crippen LogP contribution in [-0.4, -0.2) is 16.7 Å². The van der Waals surface area contributed by atoms with E-state index in [0.717, 1.165) is 5.56 Å². The largest absolute Gasteiger partial charge is 0.286 e. The van der Waals surface area contributed by atoms with Gasteiger partial charge in [0.15, 0.2) is 0 Å². The van der Waals surface area contributed by atoms with Crippen molar-refractivity contribution in [1.82, 2.24) is 4.98 Å². The number of hydrogen-bond acceptors (Lipinski definition) is 2. The highest BCUT2D eigenvalue weighted by Gasteiger charge is 2.20. The van der Waals surface area contributed by atoms with Crippen LogP contribution < -0.4 is 0 Å². The second-order valence-electron chi connectivity index (χ2n) is 5.25. The summed E-state index contributed by atoms with van der Waals surface area (Å²) in [6.07, 6.45) is 13.0. The molecular weight excluding hydrogens is 220 g/mol. The topological polar surface area (TPSA) is 25.2 Å². The van der Waals surface area contributed by atoms with Gasteiger partial charge < -0.3 is 0 Å². The molecule has 2 nitrogen and oxygen atoms in total. The fourth-order valence-corrected chi connectivity index (χ4v) is 2.05. The van der Waals surface area contributed by atoms with Crippen molar-refractivity contribution in [3.8, 4) is 0 Å². The highest BCUT2D eigenvalue weighted by Crippen LogP contribution is 2.25. The Kier molecular flexibility index (Phi) is 6.63. The van der Waals surface area contributed by atoms with Gasteiger partial charge in [-0.2, -0.15) is 0 Å². The van der Waals surface area contributed by atoms with E-state index < -0.39 is 0 Å². The summed E-state index contributed by atoms with van der Waals surface area (Å²) in [6.45, 7) is 6.77. The van der Waals surface area contributed by atoms with Gasteiger partial charge in [-0.1, -0.05) is 45.6 Å². The van der Waals surface area contributed by atoms with E-state index in [0.29, 0.717) is 0 Å². The Morgan fingerprint density at radius 2 is 1.89 bits per heavy atom. The number of rotatable bonds is 8. The molecule has 0 aliphatic rings. The van der Waals surface area contributed by atoms with Gasteiger partial charge in [-0.15, -0.1) is 0 Å². The molecule has 1 heterocycles. The SMILES string of the molecule is CCCCC(C)(CCCC)/N=C/c1cccnc1. The van der Waals surface area contributed by atoms with Gasteiger partial charge in [-0.3, -0.25) is 9.98 Å². The standard InChI is InChI=1S/C16H26N2/c1-4-6-10-16(3,11-7-5-2)18-14-15-9-8-12-17-13-15/h8-9,12-14H,4-7,10-11H2,1-3H3/b18-14+. The second kappa shape index (κ2) is 8.02. The van der Waals surface area contributed by atoms with Crippen molar-refractivity contribution in [2.75, 3.05) is 0 Å². The van der Waals surface area contributed by atoms with Gasteiger partial charge in [0.05, 0.1) is 5.54 Å². The van der Waals surface area contributed by atoms with Crippen LogP contribution in [0.4, 0.5) is 0 Å². The zero-order valence-corrected chi connectivity index (χ0v) is 12.0. The Labute approximate surface area is 112 Å². The molecule has 1 aromatic rings. The van der Waals surface area contributed by atoms with E-state index >= 15 is 0 Å². The average molecular weight is 246 g/mol. The van der Waals surface area contributed by atoms with Crippen LogP contribution in [-0.2, 0) is 0 Å². The third-order valence-electron chi connectivity index (χ3n) is 3.35. The van der Waals surface area contributed by atoms with Crippen LogP contribution in [0.15, 0.2) is 29.5 Å². The van der Waals surface area contributed by atoms with Crippen molar-refractivity contribution in [3.63, 3.8) is 0 Å². The Hall–Kier alpha value is -1.18. The molecule has 0 atom stereocenters. The normalized spacial score (nSPS) is 12.2. The number of pyridine rings is 1. The third kappa shape index (κ3) is 5.44. The van der Waals surface area contributed by atoms with E-state index in [9.17, 15) is 0 Å². The van der Waals surface area contributed by atoms with E-state index in [2.05, 4.69) is 31.8 Å². The lowest BCUT2D eigenvalue weighted by Crippen LogP contribution is -2.22. The Morgan fingerprint density at radius 1 is 1.22 bits per heavy atom. The highest BCUT2D eigenvalue weighted by atomic mass is 14.8. The lowest BCUT2D eigenvalue weighted by Gasteiger charge is -2.25. The Balaban J connectivity index is 2.67. The number of aliphatic imine (C=N–C) groups is 1. The van der Waals surface area contributed by atoms with Crippen molar-refractivity contribution in [2.45, 2.75) is 64.8 Å². The van der Waals surface area contributed by atoms with E-state index in [4.69, 9.17) is 4.99 Å². The lowest BCUT2D eigenvalue weighted by molar-refractivity contribution is 0.380. The predicted octanol–water partition coefficient (Wildman–Crippen LogP) is 4.64. The van der Waals surface area contributed by atoms with E-state index in [1.165, 1.54) is 38.5 Å².